The summed E-state index contributed by atoms with van der Waals surface area (Å²) in [6.07, 6.45) is 12.3. The number of hydrogen-bond donors (Lipinski definition) is 3. The molecule has 0 radical (unpaired) electrons. The van der Waals surface area contributed by atoms with Gasteiger partial charge in [0.2, 0.25) is 5.79 Å². The highest BCUT2D eigenvalue weighted by Gasteiger charge is 2.53. The third kappa shape index (κ3) is 16.6. The first-order valence-electron chi connectivity index (χ1n) is 25.6. The number of carbonyl (C=O) groups is 5. The fraction of sp³-hybridized carbons (Fsp3) is 0.759. The molecular formula is C54H85NO14. The van der Waals surface area contributed by atoms with Crippen LogP contribution in [0.25, 0.3) is 0 Å². The molecule has 3 N–H and O–H groups in total. The highest BCUT2D eigenvalue weighted by molar-refractivity contribution is 6.39. The predicted octanol–water partition coefficient (Wildman–Crippen LogP) is 6.73. The topological polar surface area (TPSA) is 205 Å². The van der Waals surface area contributed by atoms with Crippen LogP contribution in [0.5, 0.6) is 0 Å². The third-order valence-corrected chi connectivity index (χ3v) is 14.6. The molecule has 4 aliphatic rings. The van der Waals surface area contributed by atoms with E-state index in [1.165, 1.54) is 12.0 Å². The van der Waals surface area contributed by atoms with Crippen molar-refractivity contribution >= 4 is 29.2 Å². The number of piperidine rings is 1. The number of rotatable bonds is 10. The summed E-state index contributed by atoms with van der Waals surface area (Å²) in [5, 5.41) is 32.8. The van der Waals surface area contributed by atoms with E-state index in [-0.39, 0.29) is 74.3 Å². The maximum absolute atomic E-state index is 14.4. The summed E-state index contributed by atoms with van der Waals surface area (Å²) in [5.41, 5.74) is 1.28. The molecule has 390 valence electrons. The average molecular weight is 972 g/mol. The van der Waals surface area contributed by atoms with Crippen molar-refractivity contribution in [3.63, 3.8) is 0 Å². The Morgan fingerprint density at radius 3 is 2.28 bits per heavy atom. The summed E-state index contributed by atoms with van der Waals surface area (Å²) in [7, 11) is 3.01. The SMILES string of the molecule is CO[C@@H]1CC(CCC2CC(=O)[C@H](C)/C=C(\C)[C@@H](O)[C@@H](OC)C(=O)[C@H](C)C[C@H](C)/C=C/C=C/C=C(\C)[C@H](OC(C)C)C[C@@H]3CC[C@@H](C)[C@@](O)(O3)C(=O)C(=O)N3CCCC[C@H]3C(=O)O2)CC[C@H]1OCCO. The van der Waals surface area contributed by atoms with Crippen LogP contribution in [0.15, 0.2) is 47.6 Å². The van der Waals surface area contributed by atoms with E-state index in [2.05, 4.69) is 0 Å². The number of nitrogens with zero attached hydrogens (tertiary/aromatic N) is 1. The van der Waals surface area contributed by atoms with E-state index < -0.39 is 77.8 Å². The predicted molar refractivity (Wildman–Crippen MR) is 261 cm³/mol. The Balaban J connectivity index is 1.69. The van der Waals surface area contributed by atoms with Crippen molar-refractivity contribution in [2.75, 3.05) is 34.0 Å². The lowest BCUT2D eigenvalue weighted by Crippen LogP contribution is -2.60. The van der Waals surface area contributed by atoms with Crippen LogP contribution in [0.1, 0.15) is 139 Å². The normalized spacial score (nSPS) is 38.4. The Morgan fingerprint density at radius 2 is 1.59 bits per heavy atom. The van der Waals surface area contributed by atoms with Gasteiger partial charge in [0, 0.05) is 51.4 Å². The molecule has 2 unspecified atom stereocenters. The molecular weight excluding hydrogens is 887 g/mol. The zero-order valence-corrected chi connectivity index (χ0v) is 43.1. The third-order valence-electron chi connectivity index (χ3n) is 14.6. The average Bonchev–Trinajstić information content (AvgIpc) is 3.32. The van der Waals surface area contributed by atoms with Gasteiger partial charge in [0.05, 0.1) is 43.7 Å². The van der Waals surface area contributed by atoms with Gasteiger partial charge >= 0.3 is 5.97 Å². The molecule has 15 heteroatoms. The van der Waals surface area contributed by atoms with Gasteiger partial charge in [0.1, 0.15) is 30.1 Å². The van der Waals surface area contributed by atoms with Crippen LogP contribution in [0, 0.1) is 29.6 Å². The first-order chi connectivity index (χ1) is 32.7. The lowest BCUT2D eigenvalue weighted by Gasteiger charge is -2.43. The fourth-order valence-corrected chi connectivity index (χ4v) is 10.4. The number of allylic oxidation sites excluding steroid dienone is 6. The molecule has 1 amide bonds. The fourth-order valence-electron chi connectivity index (χ4n) is 10.4. The zero-order valence-electron chi connectivity index (χ0n) is 43.1. The second-order valence-electron chi connectivity index (χ2n) is 20.6. The molecule has 0 aromatic rings. The van der Waals surface area contributed by atoms with Crippen LogP contribution in [0.2, 0.25) is 0 Å². The van der Waals surface area contributed by atoms with Crippen molar-refractivity contribution in [1.82, 2.24) is 4.90 Å². The number of fused-ring (bicyclic) bond motifs is 3. The minimum atomic E-state index is -2.44. The minimum Gasteiger partial charge on any atom is -0.460 e. The van der Waals surface area contributed by atoms with E-state index in [1.807, 2.05) is 65.0 Å². The largest absolute Gasteiger partial charge is 0.460 e. The molecule has 0 aromatic heterocycles. The number of cyclic esters (lactones) is 1. The summed E-state index contributed by atoms with van der Waals surface area (Å²) in [5.74, 6) is -7.59. The second kappa shape index (κ2) is 28.0. The van der Waals surface area contributed by atoms with E-state index in [0.717, 1.165) is 12.0 Å². The summed E-state index contributed by atoms with van der Waals surface area (Å²) in [4.78, 5) is 72.0. The van der Waals surface area contributed by atoms with Crippen molar-refractivity contribution in [3.8, 4) is 0 Å². The van der Waals surface area contributed by atoms with Crippen LogP contribution in [0.3, 0.4) is 0 Å². The maximum atomic E-state index is 14.4. The van der Waals surface area contributed by atoms with E-state index in [1.54, 1.807) is 34.0 Å². The van der Waals surface area contributed by atoms with Gasteiger partial charge in [-0.15, -0.1) is 0 Å². The van der Waals surface area contributed by atoms with Crippen molar-refractivity contribution in [2.24, 2.45) is 29.6 Å². The van der Waals surface area contributed by atoms with E-state index >= 15 is 0 Å². The highest BCUT2D eigenvalue weighted by atomic mass is 16.6. The number of hydrogen-bond acceptors (Lipinski definition) is 14. The number of ketones is 3. The summed E-state index contributed by atoms with van der Waals surface area (Å²) < 4.78 is 36.0. The zero-order chi connectivity index (χ0) is 51.0. The number of amides is 1. The second-order valence-corrected chi connectivity index (χ2v) is 20.6. The van der Waals surface area contributed by atoms with Gasteiger partial charge in [-0.25, -0.2) is 4.79 Å². The number of Topliss-reactive ketones (excluding diaryl/α,β-unsaturated/α-hetero) is 3. The van der Waals surface area contributed by atoms with Crippen molar-refractivity contribution < 1.29 is 67.7 Å². The van der Waals surface area contributed by atoms with Crippen LogP contribution in [0.4, 0.5) is 0 Å². The first kappa shape index (κ1) is 58.2. The Hall–Kier alpha value is -3.41. The molecule has 2 bridgehead atoms. The molecule has 14 atom stereocenters. The Kier molecular flexibility index (Phi) is 23.6. The summed E-state index contributed by atoms with van der Waals surface area (Å²) in [6.45, 7) is 14.8. The lowest BCUT2D eigenvalue weighted by atomic mass is 9.81. The van der Waals surface area contributed by atoms with Crippen molar-refractivity contribution in [2.45, 2.75) is 200 Å². The van der Waals surface area contributed by atoms with Crippen molar-refractivity contribution in [3.05, 3.63) is 47.6 Å². The molecule has 3 aliphatic heterocycles. The van der Waals surface area contributed by atoms with Crippen LogP contribution in [-0.4, -0.2) is 144 Å². The molecule has 15 nitrogen and oxygen atoms in total. The number of aliphatic hydroxyl groups excluding tert-OH is 2. The van der Waals surface area contributed by atoms with Gasteiger partial charge in [0.25, 0.3) is 11.7 Å². The monoisotopic (exact) mass is 972 g/mol. The maximum Gasteiger partial charge on any atom is 0.329 e. The Labute approximate surface area is 411 Å². The summed E-state index contributed by atoms with van der Waals surface area (Å²) in [6, 6.07) is -1.14. The first-order valence-corrected chi connectivity index (χ1v) is 25.6. The van der Waals surface area contributed by atoms with Gasteiger partial charge < -0.3 is 48.6 Å². The number of carbonyl (C=O) groups excluding carboxylic acids is 5. The molecule has 3 heterocycles. The quantitative estimate of drug-likeness (QED) is 0.118. The minimum absolute atomic E-state index is 0.0139. The molecule has 2 saturated heterocycles. The summed E-state index contributed by atoms with van der Waals surface area (Å²) >= 11 is 0. The smallest absolute Gasteiger partial charge is 0.329 e. The molecule has 1 saturated carbocycles. The Bertz CT molecular complexity index is 1820. The molecule has 3 fully saturated rings. The highest BCUT2D eigenvalue weighted by Crippen LogP contribution is 2.37. The number of esters is 1. The van der Waals surface area contributed by atoms with Gasteiger partial charge in [0.15, 0.2) is 5.78 Å². The van der Waals surface area contributed by atoms with Gasteiger partial charge in [-0.3, -0.25) is 19.2 Å². The van der Waals surface area contributed by atoms with Crippen LogP contribution in [-0.2, 0) is 52.4 Å². The van der Waals surface area contributed by atoms with E-state index in [4.69, 9.17) is 28.4 Å². The standard InChI is InChI=1S/C54H85NO14/c1-33(2)67-46-32-42-22-19-39(8)54(63,69-42)51(60)52(61)55-25-15-14-18-43(55)53(62)68-41(23-20-40-21-24-45(66-27-26-56)47(30-40)64-9)31-44(57)36(5)29-38(7)49(59)50(65-10)48(58)37(6)28-34(3)16-12-11-13-17-35(46)4/h11-13,16-17,29,33-34,36-37,39-43,45-47,49-50,56,59,63H,14-15,18-28,30-32H2,1-10H3/b13-11+,16-12+,35-17+,38-29+/t34-,36-,37-,39-,40?,41?,42+,43+,45-,46-,47-,49-,50+,54-/m1/s1. The lowest BCUT2D eigenvalue weighted by molar-refractivity contribution is -0.266. The van der Waals surface area contributed by atoms with E-state index in [9.17, 15) is 39.3 Å². The number of ether oxygens (including phenoxy) is 6. The van der Waals surface area contributed by atoms with Crippen LogP contribution < -0.4 is 0 Å². The number of methoxy groups -OCH3 is 2. The molecule has 0 spiro atoms. The molecule has 4 rings (SSSR count). The number of aliphatic hydroxyl groups is 3. The Morgan fingerprint density at radius 1 is 0.855 bits per heavy atom. The molecule has 0 aromatic carbocycles. The van der Waals surface area contributed by atoms with Crippen LogP contribution >= 0.6 is 0 Å². The van der Waals surface area contributed by atoms with Gasteiger partial charge in [-0.05, 0) is 121 Å². The van der Waals surface area contributed by atoms with E-state index in [0.29, 0.717) is 69.8 Å². The van der Waals surface area contributed by atoms with Gasteiger partial charge in [-0.1, -0.05) is 64.2 Å². The van der Waals surface area contributed by atoms with Gasteiger partial charge in [-0.2, -0.15) is 0 Å². The molecule has 69 heavy (non-hydrogen) atoms. The molecule has 1 aliphatic carbocycles. The van der Waals surface area contributed by atoms with Crippen molar-refractivity contribution in [1.29, 1.82) is 0 Å².